The Kier molecular flexibility index (Phi) is 5.71. The first kappa shape index (κ1) is 16.7. The Morgan fingerprint density at radius 2 is 2.09 bits per heavy atom. The molecule has 1 aliphatic heterocycles. The van der Waals surface area contributed by atoms with Gasteiger partial charge in [0.25, 0.3) is 11.5 Å². The van der Waals surface area contributed by atoms with Crippen molar-refractivity contribution in [2.45, 2.75) is 39.7 Å². The number of nitrogens with zero attached hydrogens (tertiary/aromatic N) is 2. The number of piperidine rings is 1. The van der Waals surface area contributed by atoms with Gasteiger partial charge >= 0.3 is 0 Å². The lowest BCUT2D eigenvalue weighted by molar-refractivity contribution is 0.0858. The van der Waals surface area contributed by atoms with Crippen molar-refractivity contribution in [3.63, 3.8) is 0 Å². The minimum absolute atomic E-state index is 0.243. The van der Waals surface area contributed by atoms with E-state index in [1.165, 1.54) is 25.0 Å². The van der Waals surface area contributed by atoms with Crippen molar-refractivity contribution in [2.24, 2.45) is 11.8 Å². The number of H-pyrrole nitrogens is 1. The Bertz CT molecular complexity index is 527. The van der Waals surface area contributed by atoms with Crippen molar-refractivity contribution in [3.05, 3.63) is 28.2 Å². The summed E-state index contributed by atoms with van der Waals surface area (Å²) in [4.78, 5) is 25.6. The number of carbonyl (C=O) groups excluding carboxylic acids is 1. The number of aromatic nitrogens is 2. The van der Waals surface area contributed by atoms with Gasteiger partial charge in [-0.15, -0.1) is 0 Å². The average molecular weight is 306 g/mol. The molecule has 1 aliphatic rings. The maximum atomic E-state index is 12.1. The lowest BCUT2D eigenvalue weighted by atomic mass is 9.94. The van der Waals surface area contributed by atoms with Gasteiger partial charge in [0.05, 0.1) is 0 Å². The van der Waals surface area contributed by atoms with E-state index in [1.807, 2.05) is 0 Å². The van der Waals surface area contributed by atoms with Crippen molar-refractivity contribution in [1.82, 2.24) is 20.4 Å². The maximum absolute atomic E-state index is 12.1. The number of carbonyl (C=O) groups is 1. The number of rotatable bonds is 5. The Hall–Kier alpha value is -1.69. The highest BCUT2D eigenvalue weighted by molar-refractivity contribution is 5.91. The third-order valence-electron chi connectivity index (χ3n) is 4.44. The van der Waals surface area contributed by atoms with Crippen molar-refractivity contribution in [1.29, 1.82) is 0 Å². The summed E-state index contributed by atoms with van der Waals surface area (Å²) in [7, 11) is 0. The van der Waals surface area contributed by atoms with Gasteiger partial charge in [-0.3, -0.25) is 14.5 Å². The topological polar surface area (TPSA) is 78.1 Å². The second-order valence-corrected chi connectivity index (χ2v) is 6.55. The van der Waals surface area contributed by atoms with Gasteiger partial charge in [-0.05, 0) is 43.8 Å². The first-order valence-electron chi connectivity index (χ1n) is 8.05. The van der Waals surface area contributed by atoms with E-state index in [0.717, 1.165) is 19.0 Å². The monoisotopic (exact) mass is 306 g/mol. The molecule has 6 nitrogen and oxygen atoms in total. The van der Waals surface area contributed by atoms with Crippen LogP contribution < -0.4 is 10.9 Å². The molecule has 0 unspecified atom stereocenters. The van der Waals surface area contributed by atoms with Crippen LogP contribution in [0.5, 0.6) is 0 Å². The van der Waals surface area contributed by atoms with E-state index < -0.39 is 0 Å². The zero-order valence-corrected chi connectivity index (χ0v) is 13.6. The van der Waals surface area contributed by atoms with E-state index in [0.29, 0.717) is 18.5 Å². The van der Waals surface area contributed by atoms with Gasteiger partial charge in [-0.25, -0.2) is 5.10 Å². The van der Waals surface area contributed by atoms with Crippen LogP contribution in [0.15, 0.2) is 16.9 Å². The smallest absolute Gasteiger partial charge is 0.271 e. The first-order chi connectivity index (χ1) is 10.5. The normalized spacial score (nSPS) is 18.4. The van der Waals surface area contributed by atoms with Gasteiger partial charge in [0.1, 0.15) is 5.69 Å². The number of likely N-dealkylation sites (tertiary alicyclic amines) is 1. The molecule has 22 heavy (non-hydrogen) atoms. The summed E-state index contributed by atoms with van der Waals surface area (Å²) >= 11 is 0. The standard InChI is InChI=1S/C16H26N4O2/c1-11(2)14(20-8-6-12(3)7-9-20)10-17-16(22)13-4-5-15(21)19-18-13/h4-5,11-12,14H,6-10H2,1-3H3,(H,17,22)(H,19,21)/t14-/m0/s1. The van der Waals surface area contributed by atoms with E-state index in [1.54, 1.807) is 0 Å². The third-order valence-corrected chi connectivity index (χ3v) is 4.44. The Labute approximate surface area is 131 Å². The summed E-state index contributed by atoms with van der Waals surface area (Å²) in [6.07, 6.45) is 2.44. The third kappa shape index (κ3) is 4.40. The molecule has 1 atom stereocenters. The molecule has 2 rings (SSSR count). The molecule has 0 aromatic carbocycles. The highest BCUT2D eigenvalue weighted by Crippen LogP contribution is 2.21. The number of hydrogen-bond acceptors (Lipinski definition) is 4. The summed E-state index contributed by atoms with van der Waals surface area (Å²) in [5.74, 6) is 1.02. The second kappa shape index (κ2) is 7.54. The summed E-state index contributed by atoms with van der Waals surface area (Å²) in [6.45, 7) is 9.46. The fourth-order valence-electron chi connectivity index (χ4n) is 2.91. The van der Waals surface area contributed by atoms with Gasteiger partial charge < -0.3 is 5.32 Å². The average Bonchev–Trinajstić information content (AvgIpc) is 2.49. The minimum atomic E-state index is -0.306. The minimum Gasteiger partial charge on any atom is -0.349 e. The van der Waals surface area contributed by atoms with Crippen LogP contribution in [0.25, 0.3) is 0 Å². The van der Waals surface area contributed by atoms with Crippen molar-refractivity contribution >= 4 is 5.91 Å². The van der Waals surface area contributed by atoms with Gasteiger partial charge in [0.15, 0.2) is 0 Å². The molecule has 1 aromatic heterocycles. The Morgan fingerprint density at radius 3 is 2.64 bits per heavy atom. The van der Waals surface area contributed by atoms with E-state index in [9.17, 15) is 9.59 Å². The van der Waals surface area contributed by atoms with E-state index in [-0.39, 0.29) is 17.2 Å². The number of amides is 1. The van der Waals surface area contributed by atoms with Gasteiger partial charge in [-0.2, -0.15) is 5.10 Å². The highest BCUT2D eigenvalue weighted by Gasteiger charge is 2.26. The zero-order valence-electron chi connectivity index (χ0n) is 13.6. The molecular weight excluding hydrogens is 280 g/mol. The van der Waals surface area contributed by atoms with E-state index >= 15 is 0 Å². The molecule has 1 aromatic rings. The quantitative estimate of drug-likeness (QED) is 0.858. The predicted octanol–water partition coefficient (Wildman–Crippen LogP) is 1.26. The van der Waals surface area contributed by atoms with Crippen molar-refractivity contribution in [2.75, 3.05) is 19.6 Å². The van der Waals surface area contributed by atoms with Crippen LogP contribution in [0.1, 0.15) is 44.1 Å². The van der Waals surface area contributed by atoms with Crippen LogP contribution in [0.4, 0.5) is 0 Å². The first-order valence-corrected chi connectivity index (χ1v) is 8.05. The molecular formula is C16H26N4O2. The van der Waals surface area contributed by atoms with Crippen LogP contribution in [-0.2, 0) is 0 Å². The zero-order chi connectivity index (χ0) is 16.1. The van der Waals surface area contributed by atoms with Crippen LogP contribution in [0.3, 0.4) is 0 Å². The summed E-state index contributed by atoms with van der Waals surface area (Å²) in [6, 6.07) is 3.09. The fraction of sp³-hybridized carbons (Fsp3) is 0.688. The summed E-state index contributed by atoms with van der Waals surface area (Å²) in [5, 5.41) is 8.99. The maximum Gasteiger partial charge on any atom is 0.271 e. The van der Waals surface area contributed by atoms with Crippen LogP contribution in [0, 0.1) is 11.8 Å². The highest BCUT2D eigenvalue weighted by atomic mass is 16.2. The van der Waals surface area contributed by atoms with Gasteiger partial charge in [-0.1, -0.05) is 20.8 Å². The molecule has 1 amide bonds. The Morgan fingerprint density at radius 1 is 1.41 bits per heavy atom. The van der Waals surface area contributed by atoms with E-state index in [2.05, 4.69) is 41.2 Å². The number of hydrogen-bond donors (Lipinski definition) is 2. The molecule has 1 saturated heterocycles. The van der Waals surface area contributed by atoms with Gasteiger partial charge in [0, 0.05) is 18.7 Å². The largest absolute Gasteiger partial charge is 0.349 e. The summed E-state index contributed by atoms with van der Waals surface area (Å²) < 4.78 is 0. The fourth-order valence-corrected chi connectivity index (χ4v) is 2.91. The molecule has 0 saturated carbocycles. The molecule has 2 N–H and O–H groups in total. The lowest BCUT2D eigenvalue weighted by Crippen LogP contribution is -2.49. The molecule has 6 heteroatoms. The molecule has 122 valence electrons. The van der Waals surface area contributed by atoms with Crippen molar-refractivity contribution in [3.8, 4) is 0 Å². The summed E-state index contributed by atoms with van der Waals surface area (Å²) in [5.41, 5.74) is -0.0617. The molecule has 0 radical (unpaired) electrons. The SMILES string of the molecule is CC1CCN([C@@H](CNC(=O)c2ccc(=O)[nH]n2)C(C)C)CC1. The molecule has 1 fully saturated rings. The second-order valence-electron chi connectivity index (χ2n) is 6.55. The number of aromatic amines is 1. The van der Waals surface area contributed by atoms with Crippen LogP contribution >= 0.6 is 0 Å². The predicted molar refractivity (Wildman–Crippen MR) is 85.8 cm³/mol. The molecule has 0 bridgehead atoms. The Balaban J connectivity index is 1.92. The van der Waals surface area contributed by atoms with Crippen molar-refractivity contribution < 1.29 is 4.79 Å². The molecule has 2 heterocycles. The van der Waals surface area contributed by atoms with Crippen LogP contribution in [0.2, 0.25) is 0 Å². The lowest BCUT2D eigenvalue weighted by Gasteiger charge is -2.38. The molecule has 0 aliphatic carbocycles. The van der Waals surface area contributed by atoms with E-state index in [4.69, 9.17) is 0 Å². The number of nitrogens with one attached hydrogen (secondary N) is 2. The van der Waals surface area contributed by atoms with Gasteiger partial charge in [0.2, 0.25) is 0 Å². The molecule has 0 spiro atoms. The van der Waals surface area contributed by atoms with Crippen LogP contribution in [-0.4, -0.2) is 46.7 Å².